The summed E-state index contributed by atoms with van der Waals surface area (Å²) in [6.45, 7) is 1.43. The van der Waals surface area contributed by atoms with E-state index in [1.807, 2.05) is 12.1 Å². The summed E-state index contributed by atoms with van der Waals surface area (Å²) in [7, 11) is 1.59. The predicted octanol–water partition coefficient (Wildman–Crippen LogP) is 4.02. The van der Waals surface area contributed by atoms with Crippen LogP contribution in [0, 0.1) is 5.82 Å². The molecule has 2 aromatic carbocycles. The molecule has 1 aliphatic rings. The van der Waals surface area contributed by atoms with Crippen LogP contribution < -0.4 is 21.1 Å². The van der Waals surface area contributed by atoms with Crippen LogP contribution in [0.25, 0.3) is 11.0 Å². The van der Waals surface area contributed by atoms with Gasteiger partial charge in [0.1, 0.15) is 29.7 Å². The van der Waals surface area contributed by atoms with Gasteiger partial charge in [-0.05, 0) is 47.9 Å². The molecule has 0 radical (unpaired) electrons. The molecule has 2 aromatic heterocycles. The first-order valence-electron chi connectivity index (χ1n) is 11.4. The predicted molar refractivity (Wildman–Crippen MR) is 133 cm³/mol. The number of carbonyl (C=O) groups excluding carboxylic acids is 1. The Hall–Kier alpha value is -4.25. The number of ether oxygens (including phenoxy) is 1. The third kappa shape index (κ3) is 4.52. The molecule has 9 nitrogen and oxygen atoms in total. The average molecular weight is 494 g/mol. The number of hydrogen-bond acceptors (Lipinski definition) is 7. The number of methoxy groups -OCH3 is 1. The third-order valence-electron chi connectivity index (χ3n) is 6.19. The number of rotatable bonds is 8. The van der Waals surface area contributed by atoms with Crippen LogP contribution in [0.4, 0.5) is 31.9 Å². The molecule has 1 amide bonds. The maximum Gasteiger partial charge on any atom is 0.253 e. The van der Waals surface area contributed by atoms with Crippen molar-refractivity contribution in [3.63, 3.8) is 0 Å². The second-order valence-corrected chi connectivity index (χ2v) is 8.45. The Morgan fingerprint density at radius 3 is 2.83 bits per heavy atom. The van der Waals surface area contributed by atoms with Crippen molar-refractivity contribution in [3.8, 4) is 5.75 Å². The second-order valence-electron chi connectivity index (χ2n) is 8.45. The summed E-state index contributed by atoms with van der Waals surface area (Å²) in [5, 5.41) is 6.87. The van der Waals surface area contributed by atoms with Gasteiger partial charge in [-0.1, -0.05) is 6.07 Å². The van der Waals surface area contributed by atoms with Gasteiger partial charge in [0.15, 0.2) is 0 Å². The van der Waals surface area contributed by atoms with Gasteiger partial charge in [0, 0.05) is 25.8 Å². The molecule has 5 rings (SSSR count). The van der Waals surface area contributed by atoms with E-state index in [0.717, 1.165) is 24.1 Å². The SMILES string of the molecule is COc1cc2c(cc1Nc1nc(Nc3cccc(F)c3C(N)=O)c3cc[nH]c3n1)CN(CCF)CC2. The maximum absolute atomic E-state index is 14.3. The first kappa shape index (κ1) is 23.5. The minimum absolute atomic E-state index is 0.189. The molecular weight excluding hydrogens is 468 g/mol. The van der Waals surface area contributed by atoms with E-state index in [-0.39, 0.29) is 23.9 Å². The van der Waals surface area contributed by atoms with Gasteiger partial charge in [-0.25, -0.2) is 8.78 Å². The van der Waals surface area contributed by atoms with E-state index in [4.69, 9.17) is 10.5 Å². The van der Waals surface area contributed by atoms with E-state index in [9.17, 15) is 13.6 Å². The van der Waals surface area contributed by atoms with Crippen LogP contribution in [-0.4, -0.2) is 52.6 Å². The number of hydrogen-bond donors (Lipinski definition) is 4. The summed E-state index contributed by atoms with van der Waals surface area (Å²) in [5.74, 6) is -0.402. The second kappa shape index (κ2) is 9.78. The summed E-state index contributed by atoms with van der Waals surface area (Å²) < 4.78 is 32.8. The Morgan fingerprint density at radius 1 is 1.19 bits per heavy atom. The Kier molecular flexibility index (Phi) is 6.38. The van der Waals surface area contributed by atoms with Gasteiger partial charge in [-0.15, -0.1) is 0 Å². The van der Waals surface area contributed by atoms with Crippen LogP contribution in [0.2, 0.25) is 0 Å². The van der Waals surface area contributed by atoms with Gasteiger partial charge in [0.25, 0.3) is 5.91 Å². The van der Waals surface area contributed by atoms with Crippen LogP contribution in [0.15, 0.2) is 42.6 Å². The number of fused-ring (bicyclic) bond motifs is 2. The van der Waals surface area contributed by atoms with Gasteiger partial charge in [-0.2, -0.15) is 9.97 Å². The Labute approximate surface area is 205 Å². The van der Waals surface area contributed by atoms with Crippen LogP contribution in [0.1, 0.15) is 21.5 Å². The molecule has 0 aliphatic carbocycles. The van der Waals surface area contributed by atoms with Crippen molar-refractivity contribution < 1.29 is 18.3 Å². The number of amides is 1. The van der Waals surface area contributed by atoms with Crippen molar-refractivity contribution in [2.75, 3.05) is 37.5 Å². The first-order chi connectivity index (χ1) is 17.5. The molecule has 0 bridgehead atoms. The molecule has 0 unspecified atom stereocenters. The van der Waals surface area contributed by atoms with Crippen molar-refractivity contribution in [2.45, 2.75) is 13.0 Å². The van der Waals surface area contributed by atoms with Crippen LogP contribution in [0.5, 0.6) is 5.75 Å². The normalized spacial score (nSPS) is 13.4. The fourth-order valence-corrected chi connectivity index (χ4v) is 4.44. The van der Waals surface area contributed by atoms with Crippen molar-refractivity contribution in [1.29, 1.82) is 0 Å². The number of anilines is 4. The van der Waals surface area contributed by atoms with Gasteiger partial charge >= 0.3 is 0 Å². The minimum atomic E-state index is -0.895. The number of aromatic amines is 1. The van der Waals surface area contributed by atoms with E-state index in [1.165, 1.54) is 12.1 Å². The van der Waals surface area contributed by atoms with Crippen LogP contribution in [0.3, 0.4) is 0 Å². The van der Waals surface area contributed by atoms with E-state index >= 15 is 0 Å². The number of halogens is 2. The Balaban J connectivity index is 1.51. The lowest BCUT2D eigenvalue weighted by molar-refractivity contribution is 0.0997. The number of alkyl halides is 1. The standard InChI is InChI=1S/C25H25F2N7O2/c1-36-20-12-14-6-9-34(10-7-26)13-15(14)11-19(20)31-25-32-23-16(5-8-29-23)24(33-25)30-18-4-2-3-17(27)21(18)22(28)35/h2-5,8,11-12H,6-7,9-10,13H2,1H3,(H2,28,35)(H3,29,30,31,32,33). The number of carbonyl (C=O) groups is 1. The number of nitrogens with one attached hydrogen (secondary N) is 3. The molecule has 186 valence electrons. The molecule has 36 heavy (non-hydrogen) atoms. The zero-order chi connectivity index (χ0) is 25.2. The summed E-state index contributed by atoms with van der Waals surface area (Å²) >= 11 is 0. The zero-order valence-corrected chi connectivity index (χ0v) is 19.6. The summed E-state index contributed by atoms with van der Waals surface area (Å²) in [5.41, 5.74) is 8.73. The molecule has 0 saturated heterocycles. The number of nitrogens with two attached hydrogens (primary N) is 1. The van der Waals surface area contributed by atoms with Crippen molar-refractivity contribution in [1.82, 2.24) is 19.9 Å². The van der Waals surface area contributed by atoms with Crippen LogP contribution >= 0.6 is 0 Å². The van der Waals surface area contributed by atoms with E-state index in [0.29, 0.717) is 41.4 Å². The lowest BCUT2D eigenvalue weighted by Crippen LogP contribution is -2.32. The monoisotopic (exact) mass is 493 g/mol. The Morgan fingerprint density at radius 2 is 2.06 bits per heavy atom. The number of H-pyrrole nitrogens is 1. The lowest BCUT2D eigenvalue weighted by atomic mass is 9.98. The molecular formula is C25H25F2N7O2. The minimum Gasteiger partial charge on any atom is -0.495 e. The fourth-order valence-electron chi connectivity index (χ4n) is 4.44. The van der Waals surface area contributed by atoms with E-state index in [1.54, 1.807) is 25.4 Å². The number of primary amides is 1. The topological polar surface area (TPSA) is 121 Å². The molecule has 0 spiro atoms. The highest BCUT2D eigenvalue weighted by atomic mass is 19.1. The molecule has 4 aromatic rings. The maximum atomic E-state index is 14.3. The summed E-state index contributed by atoms with van der Waals surface area (Å²) in [6, 6.07) is 9.90. The average Bonchev–Trinajstić information content (AvgIpc) is 3.33. The summed E-state index contributed by atoms with van der Waals surface area (Å²) in [6.07, 6.45) is 2.51. The van der Waals surface area contributed by atoms with E-state index < -0.39 is 11.7 Å². The Bertz CT molecular complexity index is 1440. The van der Waals surface area contributed by atoms with E-state index in [2.05, 4.69) is 30.5 Å². The molecule has 0 atom stereocenters. The smallest absolute Gasteiger partial charge is 0.253 e. The number of benzene rings is 2. The van der Waals surface area contributed by atoms with Crippen molar-refractivity contribution in [2.24, 2.45) is 5.73 Å². The van der Waals surface area contributed by atoms with Gasteiger partial charge in [0.05, 0.1) is 29.4 Å². The highest BCUT2D eigenvalue weighted by molar-refractivity contribution is 6.01. The quantitative estimate of drug-likeness (QED) is 0.293. The molecule has 1 aliphatic heterocycles. The molecule has 5 N–H and O–H groups in total. The van der Waals surface area contributed by atoms with Crippen LogP contribution in [-0.2, 0) is 13.0 Å². The third-order valence-corrected chi connectivity index (χ3v) is 6.19. The lowest BCUT2D eigenvalue weighted by Gasteiger charge is -2.28. The van der Waals surface area contributed by atoms with Gasteiger partial charge < -0.3 is 26.1 Å². The number of nitrogens with zero attached hydrogens (tertiary/aromatic N) is 3. The fraction of sp³-hybridized carbons (Fsp3) is 0.240. The summed E-state index contributed by atoms with van der Waals surface area (Å²) in [4.78, 5) is 26.1. The van der Waals surface area contributed by atoms with Gasteiger partial charge in [-0.3, -0.25) is 9.69 Å². The zero-order valence-electron chi connectivity index (χ0n) is 19.6. The molecule has 11 heteroatoms. The van der Waals surface area contributed by atoms with Crippen molar-refractivity contribution >= 4 is 40.1 Å². The number of aromatic nitrogens is 3. The largest absolute Gasteiger partial charge is 0.495 e. The van der Waals surface area contributed by atoms with Gasteiger partial charge in [0.2, 0.25) is 5.95 Å². The molecule has 0 fully saturated rings. The highest BCUT2D eigenvalue weighted by Crippen LogP contribution is 2.34. The molecule has 0 saturated carbocycles. The molecule has 3 heterocycles. The van der Waals surface area contributed by atoms with Crippen molar-refractivity contribution in [3.05, 3.63) is 65.1 Å². The first-order valence-corrected chi connectivity index (χ1v) is 11.4. The highest BCUT2D eigenvalue weighted by Gasteiger charge is 2.20.